The molecule has 0 atom stereocenters. The standard InChI is InChI=1S/C24H23NO3/c1-3-9-19-16-20(27-2)14-15-23(19)28-17-24(26)25-22-13-8-7-12-21(22)18-10-5-4-6-11-18/h3-8,10-16H,1,9,17H2,2H3,(H,25,26). The third kappa shape index (κ3) is 4.80. The third-order valence-electron chi connectivity index (χ3n) is 4.28. The van der Waals surface area contributed by atoms with Crippen molar-refractivity contribution in [2.45, 2.75) is 6.42 Å². The highest BCUT2D eigenvalue weighted by Gasteiger charge is 2.11. The molecule has 3 aromatic rings. The quantitative estimate of drug-likeness (QED) is 0.558. The van der Waals surface area contributed by atoms with Crippen LogP contribution in [0.4, 0.5) is 5.69 Å². The number of para-hydroxylation sites is 1. The molecule has 0 aliphatic carbocycles. The summed E-state index contributed by atoms with van der Waals surface area (Å²) < 4.78 is 11.0. The summed E-state index contributed by atoms with van der Waals surface area (Å²) in [6.45, 7) is 3.68. The van der Waals surface area contributed by atoms with Gasteiger partial charge in [0.05, 0.1) is 7.11 Å². The van der Waals surface area contributed by atoms with Crippen molar-refractivity contribution in [1.82, 2.24) is 0 Å². The second kappa shape index (κ2) is 9.42. The van der Waals surface area contributed by atoms with Gasteiger partial charge in [-0.05, 0) is 36.2 Å². The number of methoxy groups -OCH3 is 1. The van der Waals surface area contributed by atoms with E-state index < -0.39 is 0 Å². The number of anilines is 1. The Morgan fingerprint density at radius 3 is 2.54 bits per heavy atom. The van der Waals surface area contributed by atoms with Gasteiger partial charge in [-0.2, -0.15) is 0 Å². The molecule has 0 saturated heterocycles. The molecule has 28 heavy (non-hydrogen) atoms. The Kier molecular flexibility index (Phi) is 6.47. The Morgan fingerprint density at radius 2 is 1.79 bits per heavy atom. The van der Waals surface area contributed by atoms with Crippen molar-refractivity contribution in [1.29, 1.82) is 0 Å². The van der Waals surface area contributed by atoms with Gasteiger partial charge in [-0.15, -0.1) is 6.58 Å². The SMILES string of the molecule is C=CCc1cc(OC)ccc1OCC(=O)Nc1ccccc1-c1ccccc1. The van der Waals surface area contributed by atoms with Crippen molar-refractivity contribution < 1.29 is 14.3 Å². The molecule has 0 unspecified atom stereocenters. The van der Waals surface area contributed by atoms with E-state index in [1.165, 1.54) is 0 Å². The molecule has 1 N–H and O–H groups in total. The van der Waals surface area contributed by atoms with Gasteiger partial charge in [-0.25, -0.2) is 0 Å². The fourth-order valence-corrected chi connectivity index (χ4v) is 2.93. The van der Waals surface area contributed by atoms with E-state index >= 15 is 0 Å². The fraction of sp³-hybridized carbons (Fsp3) is 0.125. The van der Waals surface area contributed by atoms with Gasteiger partial charge in [-0.1, -0.05) is 54.6 Å². The minimum absolute atomic E-state index is 0.0837. The van der Waals surface area contributed by atoms with Gasteiger partial charge in [0.25, 0.3) is 5.91 Å². The first-order valence-corrected chi connectivity index (χ1v) is 9.06. The van der Waals surface area contributed by atoms with Crippen molar-refractivity contribution >= 4 is 11.6 Å². The van der Waals surface area contributed by atoms with E-state index in [2.05, 4.69) is 11.9 Å². The van der Waals surface area contributed by atoms with E-state index in [1.807, 2.05) is 72.8 Å². The Hall–Kier alpha value is -3.53. The number of hydrogen-bond donors (Lipinski definition) is 1. The Morgan fingerprint density at radius 1 is 1.04 bits per heavy atom. The van der Waals surface area contributed by atoms with Crippen LogP contribution in [0.25, 0.3) is 11.1 Å². The summed E-state index contributed by atoms with van der Waals surface area (Å²) in [4.78, 5) is 12.5. The van der Waals surface area contributed by atoms with Crippen LogP contribution in [-0.2, 0) is 11.2 Å². The Bertz CT molecular complexity index is 951. The Balaban J connectivity index is 1.70. The van der Waals surface area contributed by atoms with Crippen molar-refractivity contribution in [3.63, 3.8) is 0 Å². The predicted molar refractivity (Wildman–Crippen MR) is 113 cm³/mol. The maximum Gasteiger partial charge on any atom is 0.262 e. The van der Waals surface area contributed by atoms with Crippen LogP contribution in [0, 0.1) is 0 Å². The lowest BCUT2D eigenvalue weighted by molar-refractivity contribution is -0.118. The smallest absolute Gasteiger partial charge is 0.262 e. The van der Waals surface area contributed by atoms with Crippen LogP contribution in [0.1, 0.15) is 5.56 Å². The van der Waals surface area contributed by atoms with E-state index in [-0.39, 0.29) is 12.5 Å². The van der Waals surface area contributed by atoms with E-state index in [4.69, 9.17) is 9.47 Å². The lowest BCUT2D eigenvalue weighted by Gasteiger charge is -2.14. The zero-order valence-corrected chi connectivity index (χ0v) is 15.9. The molecule has 0 saturated carbocycles. The fourth-order valence-electron chi connectivity index (χ4n) is 2.93. The number of ether oxygens (including phenoxy) is 2. The molecule has 0 aromatic heterocycles. The molecule has 0 bridgehead atoms. The van der Waals surface area contributed by atoms with Crippen molar-refractivity contribution in [2.24, 2.45) is 0 Å². The summed E-state index contributed by atoms with van der Waals surface area (Å²) in [5, 5.41) is 2.94. The molecular formula is C24H23NO3. The van der Waals surface area contributed by atoms with Crippen LogP contribution in [0.3, 0.4) is 0 Å². The number of nitrogens with one attached hydrogen (secondary N) is 1. The second-order valence-electron chi connectivity index (χ2n) is 6.21. The summed E-state index contributed by atoms with van der Waals surface area (Å²) >= 11 is 0. The third-order valence-corrected chi connectivity index (χ3v) is 4.28. The maximum atomic E-state index is 12.5. The molecule has 4 heteroatoms. The van der Waals surface area contributed by atoms with Crippen LogP contribution >= 0.6 is 0 Å². The normalized spacial score (nSPS) is 10.2. The minimum Gasteiger partial charge on any atom is -0.497 e. The number of carbonyl (C=O) groups excluding carboxylic acids is 1. The molecule has 142 valence electrons. The number of benzene rings is 3. The van der Waals surface area contributed by atoms with Gasteiger partial charge < -0.3 is 14.8 Å². The average Bonchev–Trinajstić information content (AvgIpc) is 2.74. The van der Waals surface area contributed by atoms with Crippen LogP contribution in [0.2, 0.25) is 0 Å². The molecule has 1 amide bonds. The van der Waals surface area contributed by atoms with Crippen LogP contribution in [0.15, 0.2) is 85.5 Å². The van der Waals surface area contributed by atoms with Gasteiger partial charge in [0.15, 0.2) is 6.61 Å². The largest absolute Gasteiger partial charge is 0.497 e. The van der Waals surface area contributed by atoms with Gasteiger partial charge in [0.2, 0.25) is 0 Å². The predicted octanol–water partition coefficient (Wildman–Crippen LogP) is 5.11. The van der Waals surface area contributed by atoms with Crippen LogP contribution < -0.4 is 14.8 Å². The number of amides is 1. The molecule has 0 spiro atoms. The summed E-state index contributed by atoms with van der Waals surface area (Å²) in [6.07, 6.45) is 2.42. The van der Waals surface area contributed by atoms with Crippen molar-refractivity contribution in [3.05, 3.63) is 91.0 Å². The zero-order valence-electron chi connectivity index (χ0n) is 15.9. The van der Waals surface area contributed by atoms with E-state index in [1.54, 1.807) is 13.2 Å². The van der Waals surface area contributed by atoms with Gasteiger partial charge >= 0.3 is 0 Å². The number of hydrogen-bond acceptors (Lipinski definition) is 3. The van der Waals surface area contributed by atoms with E-state index in [9.17, 15) is 4.79 Å². The molecule has 3 aromatic carbocycles. The Labute approximate surface area is 165 Å². The summed E-state index contributed by atoms with van der Waals surface area (Å²) in [7, 11) is 1.62. The van der Waals surface area contributed by atoms with Crippen molar-refractivity contribution in [2.75, 3.05) is 19.0 Å². The molecule has 0 heterocycles. The highest BCUT2D eigenvalue weighted by Crippen LogP contribution is 2.28. The minimum atomic E-state index is -0.219. The van der Waals surface area contributed by atoms with E-state index in [0.29, 0.717) is 12.2 Å². The first kappa shape index (κ1) is 19.2. The molecule has 0 fully saturated rings. The monoisotopic (exact) mass is 373 g/mol. The second-order valence-corrected chi connectivity index (χ2v) is 6.21. The van der Waals surface area contributed by atoms with Gasteiger partial charge in [-0.3, -0.25) is 4.79 Å². The van der Waals surface area contributed by atoms with Crippen LogP contribution in [0.5, 0.6) is 11.5 Å². The van der Waals surface area contributed by atoms with Gasteiger partial charge in [0, 0.05) is 16.8 Å². The van der Waals surface area contributed by atoms with Gasteiger partial charge in [0.1, 0.15) is 11.5 Å². The summed E-state index contributed by atoms with van der Waals surface area (Å²) in [5.41, 5.74) is 3.69. The number of rotatable bonds is 8. The molecule has 0 aliphatic heterocycles. The highest BCUT2D eigenvalue weighted by molar-refractivity contribution is 5.96. The molecule has 4 nitrogen and oxygen atoms in total. The highest BCUT2D eigenvalue weighted by atomic mass is 16.5. The molecule has 3 rings (SSSR count). The molecule has 0 radical (unpaired) electrons. The zero-order chi connectivity index (χ0) is 19.8. The molecule has 0 aliphatic rings. The number of allylic oxidation sites excluding steroid dienone is 1. The number of carbonyl (C=O) groups is 1. The van der Waals surface area contributed by atoms with Crippen molar-refractivity contribution in [3.8, 4) is 22.6 Å². The summed E-state index contributed by atoms with van der Waals surface area (Å²) in [6, 6.07) is 23.2. The van der Waals surface area contributed by atoms with Crippen LogP contribution in [-0.4, -0.2) is 19.6 Å². The maximum absolute atomic E-state index is 12.5. The summed E-state index contributed by atoms with van der Waals surface area (Å²) in [5.74, 6) is 1.17. The average molecular weight is 373 g/mol. The first-order chi connectivity index (χ1) is 13.7. The molecular weight excluding hydrogens is 350 g/mol. The van der Waals surface area contributed by atoms with E-state index in [0.717, 1.165) is 28.1 Å². The topological polar surface area (TPSA) is 47.6 Å². The first-order valence-electron chi connectivity index (χ1n) is 9.06. The lowest BCUT2D eigenvalue weighted by atomic mass is 10.0. The lowest BCUT2D eigenvalue weighted by Crippen LogP contribution is -2.21.